The van der Waals surface area contributed by atoms with E-state index in [1.54, 1.807) is 19.1 Å². The number of halogens is 1. The number of nitro groups is 1. The summed E-state index contributed by atoms with van der Waals surface area (Å²) in [6, 6.07) is 6.04. The summed E-state index contributed by atoms with van der Waals surface area (Å²) in [5.41, 5.74) is 1.13. The fourth-order valence-corrected chi connectivity index (χ4v) is 2.16. The molecular weight excluding hydrogens is 284 g/mol. The molecule has 1 unspecified atom stereocenters. The zero-order valence-corrected chi connectivity index (χ0v) is 11.4. The second-order valence-electron chi connectivity index (χ2n) is 4.29. The number of hydrogen-bond donors (Lipinski definition) is 2. The molecule has 1 heterocycles. The molecule has 2 aromatic rings. The van der Waals surface area contributed by atoms with Crippen LogP contribution in [0.1, 0.15) is 17.4 Å². The fourth-order valence-electron chi connectivity index (χ4n) is 1.84. The topological polar surface area (TPSA) is 88.5 Å². The van der Waals surface area contributed by atoms with Gasteiger partial charge in [0.2, 0.25) is 0 Å². The van der Waals surface area contributed by atoms with Gasteiger partial charge in [0.25, 0.3) is 5.69 Å². The van der Waals surface area contributed by atoms with Crippen LogP contribution in [0.5, 0.6) is 0 Å². The van der Waals surface area contributed by atoms with Gasteiger partial charge < -0.3 is 14.8 Å². The third kappa shape index (κ3) is 3.09. The lowest BCUT2D eigenvalue weighted by Crippen LogP contribution is -2.12. The van der Waals surface area contributed by atoms with Crippen molar-refractivity contribution in [2.45, 2.75) is 13.0 Å². The second-order valence-corrected chi connectivity index (χ2v) is 4.70. The Morgan fingerprint density at radius 3 is 2.85 bits per heavy atom. The molecule has 0 aliphatic heterocycles. The van der Waals surface area contributed by atoms with Gasteiger partial charge in [0, 0.05) is 18.7 Å². The third-order valence-corrected chi connectivity index (χ3v) is 3.12. The van der Waals surface area contributed by atoms with Gasteiger partial charge in [0.1, 0.15) is 11.9 Å². The summed E-state index contributed by atoms with van der Waals surface area (Å²) >= 11 is 6.02. The minimum atomic E-state index is -0.823. The molecule has 1 atom stereocenters. The summed E-state index contributed by atoms with van der Waals surface area (Å²) in [6.45, 7) is 1.90. The summed E-state index contributed by atoms with van der Waals surface area (Å²) < 4.78 is 5.08. The molecule has 2 rings (SSSR count). The number of non-ortho nitro benzene ring substituents is 1. The molecule has 1 aromatic heterocycles. The van der Waals surface area contributed by atoms with E-state index in [1.807, 2.05) is 0 Å². The molecule has 0 fully saturated rings. The van der Waals surface area contributed by atoms with Crippen LogP contribution < -0.4 is 5.32 Å². The molecular formula is C13H13ClN2O4. The van der Waals surface area contributed by atoms with Gasteiger partial charge in [-0.15, -0.1) is 0 Å². The SMILES string of the molecule is Cc1cc([N+](=O)[O-])cc(Cl)c1NCC(O)c1ccco1. The number of benzene rings is 1. The molecule has 1 aromatic carbocycles. The highest BCUT2D eigenvalue weighted by molar-refractivity contribution is 6.33. The molecule has 2 N–H and O–H groups in total. The number of nitro benzene ring substituents is 1. The fraction of sp³-hybridized carbons (Fsp3) is 0.231. The second kappa shape index (κ2) is 5.94. The van der Waals surface area contributed by atoms with Crippen LogP contribution >= 0.6 is 11.6 Å². The Labute approximate surface area is 120 Å². The Bertz CT molecular complexity index is 590. The molecule has 6 nitrogen and oxygen atoms in total. The predicted molar refractivity (Wildman–Crippen MR) is 75.0 cm³/mol. The van der Waals surface area contributed by atoms with Gasteiger partial charge in [0.15, 0.2) is 0 Å². The minimum Gasteiger partial charge on any atom is -0.467 e. The molecule has 7 heteroatoms. The molecule has 0 radical (unpaired) electrons. The molecule has 0 saturated heterocycles. The lowest BCUT2D eigenvalue weighted by molar-refractivity contribution is -0.384. The van der Waals surface area contributed by atoms with Crippen molar-refractivity contribution in [2.24, 2.45) is 0 Å². The van der Waals surface area contributed by atoms with Gasteiger partial charge in [-0.05, 0) is 24.6 Å². The molecule has 0 bridgehead atoms. The molecule has 106 valence electrons. The number of nitrogens with zero attached hydrogens (tertiary/aromatic N) is 1. The maximum Gasteiger partial charge on any atom is 0.271 e. The van der Waals surface area contributed by atoms with Crippen molar-refractivity contribution in [3.05, 3.63) is 57.0 Å². The van der Waals surface area contributed by atoms with Crippen molar-refractivity contribution >= 4 is 23.0 Å². The molecule has 0 spiro atoms. The first-order valence-electron chi connectivity index (χ1n) is 5.89. The highest BCUT2D eigenvalue weighted by atomic mass is 35.5. The lowest BCUT2D eigenvalue weighted by atomic mass is 10.1. The predicted octanol–water partition coefficient (Wildman–Crippen LogP) is 3.30. The van der Waals surface area contributed by atoms with E-state index in [4.69, 9.17) is 16.0 Å². The molecule has 0 aliphatic rings. The quantitative estimate of drug-likeness (QED) is 0.653. The van der Waals surface area contributed by atoms with Crippen molar-refractivity contribution in [1.82, 2.24) is 0 Å². The summed E-state index contributed by atoms with van der Waals surface area (Å²) in [5.74, 6) is 0.438. The maximum absolute atomic E-state index is 10.7. The van der Waals surface area contributed by atoms with Crippen LogP contribution in [-0.4, -0.2) is 16.6 Å². The van der Waals surface area contributed by atoms with E-state index < -0.39 is 11.0 Å². The van der Waals surface area contributed by atoms with Crippen LogP contribution in [0.2, 0.25) is 5.02 Å². The molecule has 0 aliphatic carbocycles. The highest BCUT2D eigenvalue weighted by Crippen LogP contribution is 2.31. The smallest absolute Gasteiger partial charge is 0.271 e. The van der Waals surface area contributed by atoms with Gasteiger partial charge >= 0.3 is 0 Å². The number of hydrogen-bond acceptors (Lipinski definition) is 5. The largest absolute Gasteiger partial charge is 0.467 e. The third-order valence-electron chi connectivity index (χ3n) is 2.83. The number of aryl methyl sites for hydroxylation is 1. The summed E-state index contributed by atoms with van der Waals surface area (Å²) in [5, 5.41) is 23.8. The van der Waals surface area contributed by atoms with Crippen molar-refractivity contribution < 1.29 is 14.4 Å². The molecule has 0 saturated carbocycles. The number of rotatable bonds is 5. The number of anilines is 1. The summed E-state index contributed by atoms with van der Waals surface area (Å²) in [6.07, 6.45) is 0.651. The highest BCUT2D eigenvalue weighted by Gasteiger charge is 2.15. The van der Waals surface area contributed by atoms with E-state index in [0.717, 1.165) is 0 Å². The Morgan fingerprint density at radius 1 is 1.55 bits per heavy atom. The van der Waals surface area contributed by atoms with Crippen molar-refractivity contribution in [2.75, 3.05) is 11.9 Å². The maximum atomic E-state index is 10.7. The average Bonchev–Trinajstić information content (AvgIpc) is 2.91. The minimum absolute atomic E-state index is 0.0652. The van der Waals surface area contributed by atoms with E-state index in [0.29, 0.717) is 17.0 Å². The van der Waals surface area contributed by atoms with Crippen molar-refractivity contribution in [3.63, 3.8) is 0 Å². The van der Waals surface area contributed by atoms with Crippen molar-refractivity contribution in [1.29, 1.82) is 0 Å². The zero-order valence-electron chi connectivity index (χ0n) is 10.7. The first-order chi connectivity index (χ1) is 9.49. The van der Waals surface area contributed by atoms with E-state index in [-0.39, 0.29) is 17.3 Å². The van der Waals surface area contributed by atoms with Crippen LogP contribution in [-0.2, 0) is 0 Å². The Balaban J connectivity index is 2.12. The van der Waals surface area contributed by atoms with Gasteiger partial charge in [-0.3, -0.25) is 10.1 Å². The van der Waals surface area contributed by atoms with Crippen LogP contribution in [0.4, 0.5) is 11.4 Å². The summed E-state index contributed by atoms with van der Waals surface area (Å²) in [7, 11) is 0. The first-order valence-corrected chi connectivity index (χ1v) is 6.26. The lowest BCUT2D eigenvalue weighted by Gasteiger charge is -2.14. The number of aliphatic hydroxyl groups excluding tert-OH is 1. The van der Waals surface area contributed by atoms with Crippen LogP contribution in [0, 0.1) is 17.0 Å². The molecule has 0 amide bonds. The van der Waals surface area contributed by atoms with Crippen LogP contribution in [0.15, 0.2) is 34.9 Å². The molecule has 20 heavy (non-hydrogen) atoms. The number of aliphatic hydroxyl groups is 1. The van der Waals surface area contributed by atoms with Gasteiger partial charge in [-0.1, -0.05) is 11.6 Å². The monoisotopic (exact) mass is 296 g/mol. The average molecular weight is 297 g/mol. The van der Waals surface area contributed by atoms with Gasteiger partial charge in [-0.25, -0.2) is 0 Å². The van der Waals surface area contributed by atoms with Crippen LogP contribution in [0.3, 0.4) is 0 Å². The van der Waals surface area contributed by atoms with E-state index >= 15 is 0 Å². The van der Waals surface area contributed by atoms with Crippen LogP contribution in [0.25, 0.3) is 0 Å². The Kier molecular flexibility index (Phi) is 4.26. The Hall–Kier alpha value is -2.05. The van der Waals surface area contributed by atoms with Crippen molar-refractivity contribution in [3.8, 4) is 0 Å². The Morgan fingerprint density at radius 2 is 2.30 bits per heavy atom. The van der Waals surface area contributed by atoms with Gasteiger partial charge in [0.05, 0.1) is 21.9 Å². The number of furan rings is 1. The van der Waals surface area contributed by atoms with Gasteiger partial charge in [-0.2, -0.15) is 0 Å². The summed E-state index contributed by atoms with van der Waals surface area (Å²) in [4.78, 5) is 10.2. The zero-order chi connectivity index (χ0) is 14.7. The normalized spacial score (nSPS) is 12.2. The standard InChI is InChI=1S/C13H13ClN2O4/c1-8-5-9(16(18)19)6-10(14)13(8)15-7-11(17)12-3-2-4-20-12/h2-6,11,15,17H,7H2,1H3. The van der Waals surface area contributed by atoms with E-state index in [2.05, 4.69) is 5.32 Å². The van der Waals surface area contributed by atoms with E-state index in [9.17, 15) is 15.2 Å². The van der Waals surface area contributed by atoms with E-state index in [1.165, 1.54) is 18.4 Å². The first kappa shape index (κ1) is 14.4. The number of nitrogens with one attached hydrogen (secondary N) is 1.